The third-order valence-electron chi connectivity index (χ3n) is 3.70. The van der Waals surface area contributed by atoms with E-state index in [4.69, 9.17) is 39.5 Å². The Morgan fingerprint density at radius 3 is 2.24 bits per heavy atom. The van der Waals surface area contributed by atoms with Crippen LogP contribution in [0.25, 0.3) is 0 Å². The zero-order valence-electron chi connectivity index (χ0n) is 12.8. The molecule has 0 saturated carbocycles. The minimum atomic E-state index is -1.53. The molecule has 3 nitrogen and oxygen atoms in total. The van der Waals surface area contributed by atoms with E-state index in [1.54, 1.807) is 4.90 Å². The van der Waals surface area contributed by atoms with Crippen LogP contribution in [0.5, 0.6) is 0 Å². The Balaban J connectivity index is 1.93. The van der Waals surface area contributed by atoms with Crippen molar-refractivity contribution in [2.75, 3.05) is 13.2 Å². The molecule has 0 aromatic carbocycles. The summed E-state index contributed by atoms with van der Waals surface area (Å²) >= 11 is 16.6. The molecule has 0 spiro atoms. The van der Waals surface area contributed by atoms with Gasteiger partial charge in [-0.3, -0.25) is 0 Å². The van der Waals surface area contributed by atoms with Gasteiger partial charge in [-0.15, -0.1) is 0 Å². The summed E-state index contributed by atoms with van der Waals surface area (Å²) in [5.41, 5.74) is 0. The second-order valence-electron chi connectivity index (χ2n) is 5.74. The topological polar surface area (TPSA) is 29.3 Å². The van der Waals surface area contributed by atoms with Crippen molar-refractivity contribution >= 4 is 40.9 Å². The monoisotopic (exact) mass is 357 g/mol. The highest BCUT2D eigenvalue weighted by Crippen LogP contribution is 2.29. The number of carbonyl (C=O) groups is 1. The standard InChI is InChI=1S/C15H26Cl3NO2/c1-2-3-4-5-6-7-8-9-10-13-11-19(13)14(20)21-12-15(16,17)18/h13H,2-12H2,1H3. The van der Waals surface area contributed by atoms with Crippen LogP contribution < -0.4 is 0 Å². The Morgan fingerprint density at radius 1 is 1.10 bits per heavy atom. The van der Waals surface area contributed by atoms with E-state index in [9.17, 15) is 4.79 Å². The van der Waals surface area contributed by atoms with Crippen LogP contribution in [-0.4, -0.2) is 34.0 Å². The molecule has 1 atom stereocenters. The van der Waals surface area contributed by atoms with Crippen LogP contribution in [0.15, 0.2) is 0 Å². The lowest BCUT2D eigenvalue weighted by molar-refractivity contribution is 0.130. The first-order valence-corrected chi connectivity index (χ1v) is 9.07. The quantitative estimate of drug-likeness (QED) is 0.284. The van der Waals surface area contributed by atoms with Crippen LogP contribution in [-0.2, 0) is 4.74 Å². The van der Waals surface area contributed by atoms with Crippen molar-refractivity contribution < 1.29 is 9.53 Å². The van der Waals surface area contributed by atoms with Crippen LogP contribution in [0, 0.1) is 0 Å². The van der Waals surface area contributed by atoms with Gasteiger partial charge >= 0.3 is 6.09 Å². The first-order valence-electron chi connectivity index (χ1n) is 7.94. The van der Waals surface area contributed by atoms with Gasteiger partial charge in [0.25, 0.3) is 0 Å². The van der Waals surface area contributed by atoms with Crippen LogP contribution in [0.1, 0.15) is 64.7 Å². The van der Waals surface area contributed by atoms with Crippen molar-refractivity contribution in [3.8, 4) is 0 Å². The van der Waals surface area contributed by atoms with Crippen molar-refractivity contribution in [3.63, 3.8) is 0 Å². The van der Waals surface area contributed by atoms with Crippen molar-refractivity contribution in [2.24, 2.45) is 0 Å². The summed E-state index contributed by atoms with van der Waals surface area (Å²) < 4.78 is 3.41. The molecular formula is C15H26Cl3NO2. The third kappa shape index (κ3) is 9.70. The summed E-state index contributed by atoms with van der Waals surface area (Å²) in [7, 11) is 0. The fourth-order valence-electron chi connectivity index (χ4n) is 2.39. The minimum Gasteiger partial charge on any atom is -0.445 e. The van der Waals surface area contributed by atoms with Gasteiger partial charge in [-0.1, -0.05) is 93.1 Å². The fraction of sp³-hybridized carbons (Fsp3) is 0.933. The average Bonchev–Trinajstić information content (AvgIpc) is 3.18. The summed E-state index contributed by atoms with van der Waals surface area (Å²) in [4.78, 5) is 13.3. The number of ether oxygens (including phenoxy) is 1. The smallest absolute Gasteiger partial charge is 0.410 e. The largest absolute Gasteiger partial charge is 0.445 e. The summed E-state index contributed by atoms with van der Waals surface area (Å²) in [5.74, 6) is 0. The predicted molar refractivity (Wildman–Crippen MR) is 89.4 cm³/mol. The zero-order valence-corrected chi connectivity index (χ0v) is 15.0. The highest BCUT2D eigenvalue weighted by atomic mass is 35.6. The van der Waals surface area contributed by atoms with E-state index >= 15 is 0 Å². The van der Waals surface area contributed by atoms with Gasteiger partial charge in [0.05, 0.1) is 6.04 Å². The van der Waals surface area contributed by atoms with Crippen molar-refractivity contribution in [1.29, 1.82) is 0 Å². The SMILES string of the molecule is CCCCCCCCCCC1CN1C(=O)OCC(Cl)(Cl)Cl. The molecule has 0 bridgehead atoms. The van der Waals surface area contributed by atoms with Gasteiger partial charge in [-0.05, 0) is 6.42 Å². The molecule has 0 aromatic rings. The van der Waals surface area contributed by atoms with E-state index in [1.165, 1.54) is 51.4 Å². The predicted octanol–water partition coefficient (Wildman–Crippen LogP) is 5.71. The van der Waals surface area contributed by atoms with E-state index in [1.807, 2.05) is 0 Å². The molecule has 1 aliphatic rings. The van der Waals surface area contributed by atoms with Crippen molar-refractivity contribution in [3.05, 3.63) is 0 Å². The van der Waals surface area contributed by atoms with Gasteiger partial charge in [0.1, 0.15) is 6.61 Å². The number of unbranched alkanes of at least 4 members (excludes halogenated alkanes) is 7. The Bertz CT molecular complexity index is 308. The number of nitrogens with zero attached hydrogens (tertiary/aromatic N) is 1. The molecular weight excluding hydrogens is 333 g/mol. The summed E-state index contributed by atoms with van der Waals surface area (Å²) in [6.45, 7) is 2.81. The van der Waals surface area contributed by atoms with Crippen molar-refractivity contribution in [1.82, 2.24) is 4.90 Å². The summed E-state index contributed by atoms with van der Waals surface area (Å²) in [5, 5.41) is 0. The Labute approximate surface area is 143 Å². The molecule has 1 rings (SSSR count). The number of amides is 1. The Morgan fingerprint density at radius 2 is 1.67 bits per heavy atom. The molecule has 6 heteroatoms. The maximum atomic E-state index is 11.6. The van der Waals surface area contributed by atoms with E-state index in [0.29, 0.717) is 6.04 Å². The lowest BCUT2D eigenvalue weighted by Crippen LogP contribution is -2.22. The second-order valence-corrected chi connectivity index (χ2v) is 8.26. The molecule has 1 amide bonds. The van der Waals surface area contributed by atoms with Crippen molar-refractivity contribution in [2.45, 2.75) is 74.5 Å². The highest BCUT2D eigenvalue weighted by molar-refractivity contribution is 6.67. The molecule has 1 fully saturated rings. The first-order chi connectivity index (χ1) is 9.94. The summed E-state index contributed by atoms with van der Waals surface area (Å²) in [6, 6.07) is 0.327. The Hall–Kier alpha value is 0.140. The minimum absolute atomic E-state index is 0.197. The van der Waals surface area contributed by atoms with E-state index in [-0.39, 0.29) is 12.7 Å². The molecule has 1 aliphatic heterocycles. The van der Waals surface area contributed by atoms with Gasteiger partial charge in [0.15, 0.2) is 0 Å². The number of hydrogen-bond acceptors (Lipinski definition) is 2. The van der Waals surface area contributed by atoms with Crippen LogP contribution in [0.3, 0.4) is 0 Å². The third-order valence-corrected chi connectivity index (χ3v) is 4.03. The Kier molecular flexibility index (Phi) is 9.15. The molecule has 1 unspecified atom stereocenters. The van der Waals surface area contributed by atoms with Gasteiger partial charge in [0.2, 0.25) is 3.79 Å². The molecule has 1 saturated heterocycles. The maximum Gasteiger partial charge on any atom is 0.410 e. The zero-order chi connectivity index (χ0) is 15.7. The first kappa shape index (κ1) is 19.2. The number of halogens is 3. The lowest BCUT2D eigenvalue weighted by Gasteiger charge is -2.12. The summed E-state index contributed by atoms with van der Waals surface area (Å²) in [6.07, 6.45) is 11.1. The average molecular weight is 359 g/mol. The van der Waals surface area contributed by atoms with Crippen LogP contribution in [0.2, 0.25) is 0 Å². The van der Waals surface area contributed by atoms with Crippen LogP contribution >= 0.6 is 34.8 Å². The molecule has 0 N–H and O–H groups in total. The van der Waals surface area contributed by atoms with Gasteiger partial charge in [-0.25, -0.2) is 4.79 Å². The van der Waals surface area contributed by atoms with E-state index < -0.39 is 3.79 Å². The van der Waals surface area contributed by atoms with E-state index in [2.05, 4.69) is 6.92 Å². The highest BCUT2D eigenvalue weighted by Gasteiger charge is 2.39. The number of alkyl halides is 3. The fourth-order valence-corrected chi connectivity index (χ4v) is 2.55. The molecule has 21 heavy (non-hydrogen) atoms. The van der Waals surface area contributed by atoms with Gasteiger partial charge in [0, 0.05) is 6.54 Å². The molecule has 124 valence electrons. The normalized spacial score (nSPS) is 17.9. The maximum absolute atomic E-state index is 11.6. The molecule has 0 aliphatic carbocycles. The number of carbonyl (C=O) groups excluding carboxylic acids is 1. The van der Waals surface area contributed by atoms with Gasteiger partial charge < -0.3 is 9.64 Å². The van der Waals surface area contributed by atoms with Gasteiger partial charge in [-0.2, -0.15) is 0 Å². The second kappa shape index (κ2) is 10.0. The van der Waals surface area contributed by atoms with E-state index in [0.717, 1.165) is 13.0 Å². The molecule has 0 radical (unpaired) electrons. The van der Waals surface area contributed by atoms with Crippen LogP contribution in [0.4, 0.5) is 4.79 Å². The number of rotatable bonds is 10. The lowest BCUT2D eigenvalue weighted by atomic mass is 10.1. The molecule has 1 heterocycles. The number of hydrogen-bond donors (Lipinski definition) is 0. The molecule has 0 aromatic heterocycles.